The third kappa shape index (κ3) is 2.28. The van der Waals surface area contributed by atoms with Crippen LogP contribution in [0.1, 0.15) is 40.0 Å². The van der Waals surface area contributed by atoms with Gasteiger partial charge < -0.3 is 0 Å². The van der Waals surface area contributed by atoms with Gasteiger partial charge in [-0.25, -0.2) is 4.39 Å². The predicted molar refractivity (Wildman–Crippen MR) is 41.7 cm³/mol. The molecule has 1 rings (SSSR count). The lowest BCUT2D eigenvalue weighted by molar-refractivity contribution is 0.0955. The maximum atomic E-state index is 12.3. The average molecular weight is 144 g/mol. The van der Waals surface area contributed by atoms with Crippen LogP contribution in [0.4, 0.5) is 4.39 Å². The van der Waals surface area contributed by atoms with Gasteiger partial charge in [0.2, 0.25) is 0 Å². The Bertz CT molecular complexity index is 106. The van der Waals surface area contributed by atoms with Crippen molar-refractivity contribution in [1.29, 1.82) is 0 Å². The smallest absolute Gasteiger partial charge is 0.101 e. The first-order chi connectivity index (χ1) is 4.47. The van der Waals surface area contributed by atoms with Crippen molar-refractivity contribution in [3.8, 4) is 0 Å². The SMILES string of the molecule is CC(C)(C)C[C@H]1C[C@H](F)C1. The number of rotatable bonds is 1. The Kier molecular flexibility index (Phi) is 2.02. The van der Waals surface area contributed by atoms with Crippen LogP contribution in [-0.2, 0) is 0 Å². The van der Waals surface area contributed by atoms with E-state index in [0.717, 1.165) is 12.8 Å². The first kappa shape index (κ1) is 8.03. The summed E-state index contributed by atoms with van der Waals surface area (Å²) >= 11 is 0. The molecule has 1 heteroatoms. The van der Waals surface area contributed by atoms with E-state index in [2.05, 4.69) is 20.8 Å². The zero-order valence-corrected chi connectivity index (χ0v) is 7.15. The lowest BCUT2D eigenvalue weighted by atomic mass is 9.73. The molecule has 0 N–H and O–H groups in total. The molecule has 60 valence electrons. The fraction of sp³-hybridized carbons (Fsp3) is 1.00. The molecular formula is C9H17F. The topological polar surface area (TPSA) is 0 Å². The molecule has 0 unspecified atom stereocenters. The Morgan fingerprint density at radius 3 is 2.10 bits per heavy atom. The highest BCUT2D eigenvalue weighted by Gasteiger charge is 2.31. The Morgan fingerprint density at radius 1 is 1.30 bits per heavy atom. The van der Waals surface area contributed by atoms with Crippen LogP contribution >= 0.6 is 0 Å². The van der Waals surface area contributed by atoms with E-state index in [1.165, 1.54) is 6.42 Å². The van der Waals surface area contributed by atoms with Crippen LogP contribution in [0, 0.1) is 11.3 Å². The maximum absolute atomic E-state index is 12.3. The Balaban J connectivity index is 2.16. The molecule has 0 radical (unpaired) electrons. The third-order valence-electron chi connectivity index (χ3n) is 2.08. The molecule has 1 fully saturated rings. The first-order valence-electron chi connectivity index (χ1n) is 4.11. The van der Waals surface area contributed by atoms with Crippen molar-refractivity contribution < 1.29 is 4.39 Å². The standard InChI is InChI=1S/C9H17F/c1-9(2,3)6-7-4-8(10)5-7/h7-8H,4-6H2,1-3H3/t7-,8-. The van der Waals surface area contributed by atoms with E-state index in [9.17, 15) is 4.39 Å². The summed E-state index contributed by atoms with van der Waals surface area (Å²) in [6, 6.07) is 0. The molecular weight excluding hydrogens is 127 g/mol. The van der Waals surface area contributed by atoms with Gasteiger partial charge in [-0.1, -0.05) is 20.8 Å². The monoisotopic (exact) mass is 144 g/mol. The van der Waals surface area contributed by atoms with Crippen molar-refractivity contribution in [3.63, 3.8) is 0 Å². The minimum atomic E-state index is -0.479. The van der Waals surface area contributed by atoms with Crippen LogP contribution in [0.25, 0.3) is 0 Å². The first-order valence-corrected chi connectivity index (χ1v) is 4.11. The lowest BCUT2D eigenvalue weighted by Crippen LogP contribution is -2.28. The van der Waals surface area contributed by atoms with Crippen molar-refractivity contribution in [2.24, 2.45) is 11.3 Å². The summed E-state index contributed by atoms with van der Waals surface area (Å²) in [5.74, 6) is 0.676. The highest BCUT2D eigenvalue weighted by molar-refractivity contribution is 4.82. The molecule has 1 saturated carbocycles. The Hall–Kier alpha value is -0.0700. The summed E-state index contributed by atoms with van der Waals surface area (Å²) < 4.78 is 12.3. The number of alkyl halides is 1. The van der Waals surface area contributed by atoms with E-state index in [0.29, 0.717) is 11.3 Å². The quantitative estimate of drug-likeness (QED) is 0.530. The molecule has 0 nitrogen and oxygen atoms in total. The second-order valence-electron chi connectivity index (χ2n) is 4.70. The van der Waals surface area contributed by atoms with Crippen LogP contribution in [0.2, 0.25) is 0 Å². The largest absolute Gasteiger partial charge is 0.247 e. The highest BCUT2D eigenvalue weighted by atomic mass is 19.1. The average Bonchev–Trinajstić information content (AvgIpc) is 1.57. The van der Waals surface area contributed by atoms with Gasteiger partial charge in [-0.2, -0.15) is 0 Å². The minimum Gasteiger partial charge on any atom is -0.247 e. The van der Waals surface area contributed by atoms with E-state index < -0.39 is 6.17 Å². The van der Waals surface area contributed by atoms with Gasteiger partial charge in [0.1, 0.15) is 6.17 Å². The van der Waals surface area contributed by atoms with E-state index >= 15 is 0 Å². The predicted octanol–water partition coefficient (Wildman–Crippen LogP) is 3.17. The summed E-state index contributed by atoms with van der Waals surface area (Å²) in [5.41, 5.74) is 0.394. The van der Waals surface area contributed by atoms with Crippen molar-refractivity contribution in [2.75, 3.05) is 0 Å². The summed E-state index contributed by atoms with van der Waals surface area (Å²) in [5, 5.41) is 0. The van der Waals surface area contributed by atoms with E-state index in [1.807, 2.05) is 0 Å². The fourth-order valence-electron chi connectivity index (χ4n) is 1.69. The molecule has 0 aromatic heterocycles. The molecule has 0 spiro atoms. The van der Waals surface area contributed by atoms with Gasteiger partial charge in [-0.15, -0.1) is 0 Å². The van der Waals surface area contributed by atoms with Crippen LogP contribution in [0.15, 0.2) is 0 Å². The number of halogens is 1. The van der Waals surface area contributed by atoms with Crippen LogP contribution < -0.4 is 0 Å². The zero-order chi connectivity index (χ0) is 7.78. The van der Waals surface area contributed by atoms with Gasteiger partial charge in [0, 0.05) is 0 Å². The Morgan fingerprint density at radius 2 is 1.80 bits per heavy atom. The number of hydrogen-bond acceptors (Lipinski definition) is 0. The van der Waals surface area contributed by atoms with Gasteiger partial charge in [0.25, 0.3) is 0 Å². The minimum absolute atomic E-state index is 0.394. The molecule has 0 amide bonds. The molecule has 0 atom stereocenters. The van der Waals surface area contributed by atoms with Crippen molar-refractivity contribution in [1.82, 2.24) is 0 Å². The zero-order valence-electron chi connectivity index (χ0n) is 7.15. The van der Waals surface area contributed by atoms with Crippen molar-refractivity contribution >= 4 is 0 Å². The molecule has 0 saturated heterocycles. The fourth-order valence-corrected chi connectivity index (χ4v) is 1.69. The molecule has 1 aliphatic carbocycles. The Labute approximate surface area is 62.8 Å². The molecule has 1 aliphatic rings. The molecule has 0 bridgehead atoms. The molecule has 0 aliphatic heterocycles. The summed E-state index contributed by atoms with van der Waals surface area (Å²) in [6.45, 7) is 6.66. The van der Waals surface area contributed by atoms with Crippen LogP contribution in [-0.4, -0.2) is 6.17 Å². The molecule has 10 heavy (non-hydrogen) atoms. The maximum Gasteiger partial charge on any atom is 0.101 e. The van der Waals surface area contributed by atoms with Gasteiger partial charge in [-0.3, -0.25) is 0 Å². The second kappa shape index (κ2) is 2.52. The van der Waals surface area contributed by atoms with Crippen molar-refractivity contribution in [3.05, 3.63) is 0 Å². The molecule has 0 aromatic carbocycles. The van der Waals surface area contributed by atoms with Crippen LogP contribution in [0.3, 0.4) is 0 Å². The third-order valence-corrected chi connectivity index (χ3v) is 2.08. The van der Waals surface area contributed by atoms with E-state index in [1.54, 1.807) is 0 Å². The van der Waals surface area contributed by atoms with Gasteiger partial charge in [0.05, 0.1) is 0 Å². The van der Waals surface area contributed by atoms with Crippen LogP contribution in [0.5, 0.6) is 0 Å². The number of hydrogen-bond donors (Lipinski definition) is 0. The molecule has 0 aromatic rings. The molecule has 0 heterocycles. The van der Waals surface area contributed by atoms with Crippen molar-refractivity contribution in [2.45, 2.75) is 46.2 Å². The van der Waals surface area contributed by atoms with Gasteiger partial charge in [0.15, 0.2) is 0 Å². The highest BCUT2D eigenvalue weighted by Crippen LogP contribution is 2.38. The normalized spacial score (nSPS) is 33.6. The van der Waals surface area contributed by atoms with E-state index in [4.69, 9.17) is 0 Å². The lowest BCUT2D eigenvalue weighted by Gasteiger charge is -2.34. The van der Waals surface area contributed by atoms with Gasteiger partial charge in [-0.05, 0) is 30.6 Å². The van der Waals surface area contributed by atoms with E-state index in [-0.39, 0.29) is 0 Å². The summed E-state index contributed by atoms with van der Waals surface area (Å²) in [7, 11) is 0. The summed E-state index contributed by atoms with van der Waals surface area (Å²) in [4.78, 5) is 0. The van der Waals surface area contributed by atoms with Gasteiger partial charge >= 0.3 is 0 Å². The summed E-state index contributed by atoms with van der Waals surface area (Å²) in [6.07, 6.45) is 2.34. The second-order valence-corrected chi connectivity index (χ2v) is 4.70.